The number of hydrogen-bond donors (Lipinski definition) is 1. The van der Waals surface area contributed by atoms with Crippen LogP contribution in [0.4, 0.5) is 24.5 Å². The second kappa shape index (κ2) is 5.22. The minimum absolute atomic E-state index is 0.0225. The normalized spacial score (nSPS) is 10.5. The third-order valence-corrected chi connectivity index (χ3v) is 2.81. The average molecular weight is 266 g/mol. The van der Waals surface area contributed by atoms with E-state index in [4.69, 9.17) is 5.73 Å². The van der Waals surface area contributed by atoms with E-state index in [1.165, 1.54) is 17.0 Å². The van der Waals surface area contributed by atoms with Crippen LogP contribution in [-0.2, 0) is 6.54 Å². The Kier molecular flexibility index (Phi) is 3.64. The van der Waals surface area contributed by atoms with E-state index in [9.17, 15) is 13.2 Å². The van der Waals surface area contributed by atoms with Crippen molar-refractivity contribution >= 4 is 11.4 Å². The smallest absolute Gasteiger partial charge is 0.148 e. The van der Waals surface area contributed by atoms with Crippen LogP contribution in [0.2, 0.25) is 0 Å². The lowest BCUT2D eigenvalue weighted by Crippen LogP contribution is -2.20. The summed E-state index contributed by atoms with van der Waals surface area (Å²) in [5, 5.41) is 0. The van der Waals surface area contributed by atoms with E-state index in [0.717, 1.165) is 18.2 Å². The van der Waals surface area contributed by atoms with Gasteiger partial charge in [0, 0.05) is 19.2 Å². The zero-order chi connectivity index (χ0) is 14.0. The van der Waals surface area contributed by atoms with E-state index in [1.807, 2.05) is 0 Å². The summed E-state index contributed by atoms with van der Waals surface area (Å²) in [6.45, 7) is 0.0225. The molecule has 0 saturated carbocycles. The maximum Gasteiger partial charge on any atom is 0.148 e. The Morgan fingerprint density at radius 3 is 2.47 bits per heavy atom. The highest BCUT2D eigenvalue weighted by molar-refractivity contribution is 5.67. The van der Waals surface area contributed by atoms with Crippen LogP contribution in [0.25, 0.3) is 0 Å². The standard InChI is InChI=1S/C14H13F3N2/c1-19(14-12(17)3-2-4-13(14)18)8-9-7-10(15)5-6-11(9)16/h2-7H,8,18H2,1H3. The number of nitrogens with zero attached hydrogens (tertiary/aromatic N) is 1. The first-order valence-electron chi connectivity index (χ1n) is 5.68. The molecule has 0 aromatic heterocycles. The molecule has 5 heteroatoms. The van der Waals surface area contributed by atoms with Crippen LogP contribution in [0, 0.1) is 17.5 Å². The zero-order valence-electron chi connectivity index (χ0n) is 10.3. The molecule has 0 aliphatic heterocycles. The summed E-state index contributed by atoms with van der Waals surface area (Å²) in [5.74, 6) is -1.58. The van der Waals surface area contributed by atoms with Gasteiger partial charge in [0.25, 0.3) is 0 Å². The lowest BCUT2D eigenvalue weighted by molar-refractivity contribution is 0.581. The fourth-order valence-electron chi connectivity index (χ4n) is 1.93. The van der Waals surface area contributed by atoms with Crippen molar-refractivity contribution in [2.24, 2.45) is 0 Å². The maximum absolute atomic E-state index is 13.7. The van der Waals surface area contributed by atoms with Crippen LogP contribution < -0.4 is 10.6 Å². The molecule has 0 atom stereocenters. The zero-order valence-corrected chi connectivity index (χ0v) is 10.3. The maximum atomic E-state index is 13.7. The average Bonchev–Trinajstić information content (AvgIpc) is 2.33. The fraction of sp³-hybridized carbons (Fsp3) is 0.143. The minimum Gasteiger partial charge on any atom is -0.397 e. The summed E-state index contributed by atoms with van der Waals surface area (Å²) in [6.07, 6.45) is 0. The Morgan fingerprint density at radius 2 is 1.79 bits per heavy atom. The Labute approximate surface area is 109 Å². The van der Waals surface area contributed by atoms with Gasteiger partial charge in [-0.25, -0.2) is 13.2 Å². The number of nitrogen functional groups attached to an aromatic ring is 1. The van der Waals surface area contributed by atoms with E-state index >= 15 is 0 Å². The molecule has 0 amide bonds. The number of para-hydroxylation sites is 1. The molecular weight excluding hydrogens is 253 g/mol. The Balaban J connectivity index is 2.31. The monoisotopic (exact) mass is 266 g/mol. The largest absolute Gasteiger partial charge is 0.397 e. The van der Waals surface area contributed by atoms with E-state index in [2.05, 4.69) is 0 Å². The molecule has 2 nitrogen and oxygen atoms in total. The highest BCUT2D eigenvalue weighted by Gasteiger charge is 2.13. The molecule has 0 heterocycles. The number of halogens is 3. The van der Waals surface area contributed by atoms with E-state index in [0.29, 0.717) is 0 Å². The molecule has 2 rings (SSSR count). The van der Waals surface area contributed by atoms with Crippen LogP contribution in [0.5, 0.6) is 0 Å². The molecule has 0 unspecified atom stereocenters. The number of rotatable bonds is 3. The van der Waals surface area contributed by atoms with E-state index < -0.39 is 17.5 Å². The van der Waals surface area contributed by atoms with Gasteiger partial charge in [0.15, 0.2) is 0 Å². The molecule has 0 spiro atoms. The van der Waals surface area contributed by atoms with Crippen molar-refractivity contribution in [1.82, 2.24) is 0 Å². The Bertz CT molecular complexity index is 579. The SMILES string of the molecule is CN(Cc1cc(F)ccc1F)c1c(N)cccc1F. The van der Waals surface area contributed by atoms with Crippen LogP contribution >= 0.6 is 0 Å². The van der Waals surface area contributed by atoms with Gasteiger partial charge in [-0.1, -0.05) is 6.07 Å². The Morgan fingerprint density at radius 1 is 1.05 bits per heavy atom. The van der Waals surface area contributed by atoms with Crippen LogP contribution in [0.15, 0.2) is 36.4 Å². The second-order valence-electron chi connectivity index (χ2n) is 4.27. The van der Waals surface area contributed by atoms with Crippen molar-refractivity contribution in [3.05, 3.63) is 59.4 Å². The first-order chi connectivity index (χ1) is 8.99. The predicted octanol–water partition coefficient (Wildman–Crippen LogP) is 3.32. The van der Waals surface area contributed by atoms with Crippen molar-refractivity contribution in [3.8, 4) is 0 Å². The molecule has 2 aromatic carbocycles. The Hall–Kier alpha value is -2.17. The third kappa shape index (κ3) is 2.81. The molecule has 0 bridgehead atoms. The molecule has 0 aliphatic carbocycles. The third-order valence-electron chi connectivity index (χ3n) is 2.81. The quantitative estimate of drug-likeness (QED) is 0.863. The van der Waals surface area contributed by atoms with Crippen molar-refractivity contribution < 1.29 is 13.2 Å². The number of benzene rings is 2. The summed E-state index contributed by atoms with van der Waals surface area (Å²) in [7, 11) is 1.57. The van der Waals surface area contributed by atoms with Gasteiger partial charge < -0.3 is 10.6 Å². The molecule has 2 aromatic rings. The molecule has 0 saturated heterocycles. The number of hydrogen-bond acceptors (Lipinski definition) is 2. The summed E-state index contributed by atoms with van der Waals surface area (Å²) < 4.78 is 40.3. The molecular formula is C14H13F3N2. The highest BCUT2D eigenvalue weighted by Crippen LogP contribution is 2.27. The summed E-state index contributed by atoms with van der Waals surface area (Å²) in [4.78, 5) is 1.45. The van der Waals surface area contributed by atoms with Crippen LogP contribution in [0.3, 0.4) is 0 Å². The van der Waals surface area contributed by atoms with Gasteiger partial charge in [0.1, 0.15) is 17.5 Å². The lowest BCUT2D eigenvalue weighted by atomic mass is 10.1. The number of nitrogens with two attached hydrogens (primary N) is 1. The van der Waals surface area contributed by atoms with Gasteiger partial charge >= 0.3 is 0 Å². The lowest BCUT2D eigenvalue weighted by Gasteiger charge is -2.22. The predicted molar refractivity (Wildman–Crippen MR) is 69.3 cm³/mol. The van der Waals surface area contributed by atoms with Crippen LogP contribution in [-0.4, -0.2) is 7.05 Å². The molecule has 19 heavy (non-hydrogen) atoms. The molecule has 100 valence electrons. The summed E-state index contributed by atoms with van der Waals surface area (Å²) in [5.41, 5.74) is 6.26. The van der Waals surface area contributed by atoms with E-state index in [-0.39, 0.29) is 23.5 Å². The molecule has 0 aliphatic rings. The summed E-state index contributed by atoms with van der Waals surface area (Å²) >= 11 is 0. The van der Waals surface area contributed by atoms with Crippen LogP contribution in [0.1, 0.15) is 5.56 Å². The van der Waals surface area contributed by atoms with Gasteiger partial charge in [0.05, 0.1) is 11.4 Å². The first kappa shape index (κ1) is 13.3. The van der Waals surface area contributed by atoms with Crippen molar-refractivity contribution in [2.45, 2.75) is 6.54 Å². The topological polar surface area (TPSA) is 29.3 Å². The van der Waals surface area contributed by atoms with Crippen molar-refractivity contribution in [2.75, 3.05) is 17.7 Å². The number of anilines is 2. The fourth-order valence-corrected chi connectivity index (χ4v) is 1.93. The molecule has 2 N–H and O–H groups in total. The van der Waals surface area contributed by atoms with Gasteiger partial charge in [-0.3, -0.25) is 0 Å². The molecule has 0 fully saturated rings. The highest BCUT2D eigenvalue weighted by atomic mass is 19.1. The first-order valence-corrected chi connectivity index (χ1v) is 5.68. The minimum atomic E-state index is -0.539. The molecule has 0 radical (unpaired) electrons. The van der Waals surface area contributed by atoms with Crippen molar-refractivity contribution in [3.63, 3.8) is 0 Å². The van der Waals surface area contributed by atoms with Crippen molar-refractivity contribution in [1.29, 1.82) is 0 Å². The van der Waals surface area contributed by atoms with Gasteiger partial charge in [-0.05, 0) is 30.3 Å². The van der Waals surface area contributed by atoms with E-state index in [1.54, 1.807) is 13.1 Å². The summed E-state index contributed by atoms with van der Waals surface area (Å²) in [6, 6.07) is 7.48. The second-order valence-corrected chi connectivity index (χ2v) is 4.27. The van der Waals surface area contributed by atoms with Gasteiger partial charge in [-0.15, -0.1) is 0 Å². The van der Waals surface area contributed by atoms with Gasteiger partial charge in [-0.2, -0.15) is 0 Å². The van der Waals surface area contributed by atoms with Gasteiger partial charge in [0.2, 0.25) is 0 Å².